The zero-order valence-electron chi connectivity index (χ0n) is 17.2. The SMILES string of the molecule is C=C/C(=C\C=C/C)CCCCNc1ccc(S(=O)C2(C(N)=O)CCOCC2)cc1. The van der Waals surface area contributed by atoms with Gasteiger partial charge >= 0.3 is 0 Å². The molecule has 1 aliphatic heterocycles. The second kappa shape index (κ2) is 11.7. The molecule has 6 heteroatoms. The van der Waals surface area contributed by atoms with Crippen LogP contribution >= 0.6 is 0 Å². The number of allylic oxidation sites excluding steroid dienone is 5. The number of rotatable bonds is 11. The first kappa shape index (κ1) is 23.1. The number of amides is 1. The van der Waals surface area contributed by atoms with Gasteiger partial charge < -0.3 is 15.8 Å². The van der Waals surface area contributed by atoms with E-state index in [9.17, 15) is 9.00 Å². The lowest BCUT2D eigenvalue weighted by molar-refractivity contribution is -0.122. The maximum absolute atomic E-state index is 13.1. The van der Waals surface area contributed by atoms with Gasteiger partial charge in [0.25, 0.3) is 0 Å². The number of primary amides is 1. The minimum absolute atomic E-state index is 0.393. The second-order valence-corrected chi connectivity index (χ2v) is 8.91. The van der Waals surface area contributed by atoms with E-state index in [0.29, 0.717) is 31.0 Å². The molecule has 2 rings (SSSR count). The summed E-state index contributed by atoms with van der Waals surface area (Å²) in [6.45, 7) is 7.53. The number of carbonyl (C=O) groups is 1. The van der Waals surface area contributed by atoms with Gasteiger partial charge in [0.15, 0.2) is 0 Å². The number of benzene rings is 1. The highest BCUT2D eigenvalue weighted by molar-refractivity contribution is 7.87. The fourth-order valence-corrected chi connectivity index (χ4v) is 4.86. The first-order valence-corrected chi connectivity index (χ1v) is 11.3. The number of carbonyl (C=O) groups excluding carboxylic acids is 1. The molecule has 1 unspecified atom stereocenters. The van der Waals surface area contributed by atoms with Crippen LogP contribution in [0.4, 0.5) is 5.69 Å². The van der Waals surface area contributed by atoms with E-state index >= 15 is 0 Å². The van der Waals surface area contributed by atoms with E-state index in [1.807, 2.05) is 49.4 Å². The van der Waals surface area contributed by atoms with E-state index in [4.69, 9.17) is 10.5 Å². The third-order valence-electron chi connectivity index (χ3n) is 5.16. The molecule has 0 bridgehead atoms. The van der Waals surface area contributed by atoms with Crippen molar-refractivity contribution in [2.24, 2.45) is 5.73 Å². The lowest BCUT2D eigenvalue weighted by Gasteiger charge is -2.33. The van der Waals surface area contributed by atoms with Crippen LogP contribution in [0.3, 0.4) is 0 Å². The molecule has 0 aromatic heterocycles. The molecule has 0 radical (unpaired) electrons. The van der Waals surface area contributed by atoms with Gasteiger partial charge in [0.05, 0.1) is 10.8 Å². The normalized spacial score (nSPS) is 17.8. The van der Waals surface area contributed by atoms with Crippen molar-refractivity contribution in [1.29, 1.82) is 0 Å². The van der Waals surface area contributed by atoms with E-state index in [-0.39, 0.29) is 0 Å². The number of nitrogens with one attached hydrogen (secondary N) is 1. The Morgan fingerprint density at radius 3 is 2.55 bits per heavy atom. The summed E-state index contributed by atoms with van der Waals surface area (Å²) in [5.74, 6) is -0.510. The average molecular weight is 417 g/mol. The third kappa shape index (κ3) is 6.41. The van der Waals surface area contributed by atoms with Gasteiger partial charge in [-0.25, -0.2) is 0 Å². The zero-order chi connectivity index (χ0) is 21.1. The summed E-state index contributed by atoms with van der Waals surface area (Å²) in [5, 5.41) is 3.39. The molecule has 1 fully saturated rings. The predicted octanol–water partition coefficient (Wildman–Crippen LogP) is 4.10. The molecule has 0 aliphatic carbocycles. The van der Waals surface area contributed by atoms with Gasteiger partial charge in [-0.15, -0.1) is 0 Å². The molecule has 1 aromatic carbocycles. The molecule has 5 nitrogen and oxygen atoms in total. The number of ether oxygens (including phenoxy) is 1. The second-order valence-electron chi connectivity index (χ2n) is 7.12. The highest BCUT2D eigenvalue weighted by atomic mass is 32.2. The van der Waals surface area contributed by atoms with Crippen LogP contribution in [0.2, 0.25) is 0 Å². The zero-order valence-corrected chi connectivity index (χ0v) is 18.0. The van der Waals surface area contributed by atoms with E-state index in [1.165, 1.54) is 5.57 Å². The van der Waals surface area contributed by atoms with Crippen molar-refractivity contribution in [1.82, 2.24) is 0 Å². The smallest absolute Gasteiger partial charge is 0.236 e. The monoisotopic (exact) mass is 416 g/mol. The topological polar surface area (TPSA) is 81.4 Å². The molecule has 1 saturated heterocycles. The molecule has 0 spiro atoms. The van der Waals surface area contributed by atoms with Crippen molar-refractivity contribution in [2.45, 2.75) is 48.7 Å². The summed E-state index contributed by atoms with van der Waals surface area (Å²) in [7, 11) is -1.49. The Morgan fingerprint density at radius 1 is 1.28 bits per heavy atom. The average Bonchev–Trinajstić information content (AvgIpc) is 2.76. The highest BCUT2D eigenvalue weighted by Gasteiger charge is 2.45. The molecular weight excluding hydrogens is 384 g/mol. The fourth-order valence-electron chi connectivity index (χ4n) is 3.31. The Balaban J connectivity index is 1.86. The highest BCUT2D eigenvalue weighted by Crippen LogP contribution is 2.32. The lowest BCUT2D eigenvalue weighted by Crippen LogP contribution is -2.51. The maximum atomic E-state index is 13.1. The molecule has 0 saturated carbocycles. The summed E-state index contributed by atoms with van der Waals surface area (Å²) in [4.78, 5) is 12.7. The summed E-state index contributed by atoms with van der Waals surface area (Å²) < 4.78 is 17.3. The predicted molar refractivity (Wildman–Crippen MR) is 120 cm³/mol. The summed E-state index contributed by atoms with van der Waals surface area (Å²) in [6.07, 6.45) is 12.0. The minimum Gasteiger partial charge on any atom is -0.385 e. The van der Waals surface area contributed by atoms with E-state index in [0.717, 1.165) is 31.5 Å². The molecule has 158 valence electrons. The van der Waals surface area contributed by atoms with Gasteiger partial charge in [0.2, 0.25) is 5.91 Å². The van der Waals surface area contributed by atoms with Crippen LogP contribution in [0.5, 0.6) is 0 Å². The molecule has 1 aliphatic rings. The van der Waals surface area contributed by atoms with Crippen LogP contribution in [0.1, 0.15) is 39.0 Å². The third-order valence-corrected chi connectivity index (χ3v) is 7.18. The van der Waals surface area contributed by atoms with Gasteiger partial charge in [0, 0.05) is 30.3 Å². The van der Waals surface area contributed by atoms with Gasteiger partial charge in [0.1, 0.15) is 4.75 Å². The number of hydrogen-bond donors (Lipinski definition) is 2. The first-order valence-electron chi connectivity index (χ1n) is 10.1. The fraction of sp³-hybridized carbons (Fsp3) is 0.435. The van der Waals surface area contributed by atoms with Gasteiger partial charge in [-0.05, 0) is 68.9 Å². The molecule has 1 aromatic rings. The maximum Gasteiger partial charge on any atom is 0.236 e. The van der Waals surface area contributed by atoms with Crippen molar-refractivity contribution >= 4 is 22.4 Å². The van der Waals surface area contributed by atoms with Crippen LogP contribution in [0.15, 0.2) is 65.6 Å². The van der Waals surface area contributed by atoms with Gasteiger partial charge in [-0.2, -0.15) is 0 Å². The quantitative estimate of drug-likeness (QED) is 0.420. The van der Waals surface area contributed by atoms with Crippen LogP contribution in [-0.2, 0) is 20.3 Å². The van der Waals surface area contributed by atoms with Crippen LogP contribution < -0.4 is 11.1 Å². The Labute approximate surface area is 176 Å². The minimum atomic E-state index is -1.49. The molecule has 1 heterocycles. The molecule has 1 amide bonds. The largest absolute Gasteiger partial charge is 0.385 e. The van der Waals surface area contributed by atoms with Crippen LogP contribution in [-0.4, -0.2) is 34.6 Å². The summed E-state index contributed by atoms with van der Waals surface area (Å²) in [6, 6.07) is 7.44. The van der Waals surface area contributed by atoms with Crippen molar-refractivity contribution in [3.8, 4) is 0 Å². The Morgan fingerprint density at radius 2 is 1.97 bits per heavy atom. The summed E-state index contributed by atoms with van der Waals surface area (Å²) in [5.41, 5.74) is 7.82. The number of unbranched alkanes of at least 4 members (excludes halogenated alkanes) is 1. The van der Waals surface area contributed by atoms with Crippen molar-refractivity contribution in [3.63, 3.8) is 0 Å². The first-order chi connectivity index (χ1) is 14.0. The molecule has 3 N–H and O–H groups in total. The summed E-state index contributed by atoms with van der Waals surface area (Å²) >= 11 is 0. The Bertz CT molecular complexity index is 763. The van der Waals surface area contributed by atoms with E-state index in [2.05, 4.69) is 18.0 Å². The van der Waals surface area contributed by atoms with Crippen molar-refractivity contribution in [3.05, 3.63) is 60.7 Å². The number of nitrogens with two attached hydrogens (primary N) is 1. The number of hydrogen-bond acceptors (Lipinski definition) is 4. The van der Waals surface area contributed by atoms with Gasteiger partial charge in [-0.3, -0.25) is 9.00 Å². The van der Waals surface area contributed by atoms with Crippen LogP contribution in [0, 0.1) is 0 Å². The van der Waals surface area contributed by atoms with Gasteiger partial charge in [-0.1, -0.05) is 30.9 Å². The Hall–Kier alpha value is -2.18. The van der Waals surface area contributed by atoms with Crippen molar-refractivity contribution in [2.75, 3.05) is 25.1 Å². The Kier molecular flexibility index (Phi) is 9.35. The van der Waals surface area contributed by atoms with E-state index in [1.54, 1.807) is 0 Å². The number of anilines is 1. The van der Waals surface area contributed by atoms with E-state index < -0.39 is 21.5 Å². The van der Waals surface area contributed by atoms with Crippen molar-refractivity contribution < 1.29 is 13.7 Å². The molecular formula is C23H32N2O3S. The lowest BCUT2D eigenvalue weighted by atomic mass is 9.98. The standard InChI is InChI=1S/C23H32N2O3S/c1-3-5-8-19(4-2)9-6-7-16-25-20-10-12-21(13-11-20)29(27)23(22(24)26)14-17-28-18-15-23/h3-5,8,10-13,25H,2,6-7,9,14-18H2,1H3,(H2,24,26)/b5-3-,19-8+. The molecule has 29 heavy (non-hydrogen) atoms. The van der Waals surface area contributed by atoms with Crippen LogP contribution in [0.25, 0.3) is 0 Å². The molecule has 1 atom stereocenters.